The van der Waals surface area contributed by atoms with Crippen molar-refractivity contribution in [2.75, 3.05) is 27.0 Å². The van der Waals surface area contributed by atoms with Gasteiger partial charge < -0.3 is 26.0 Å². The number of amides is 4. The topological polar surface area (TPSA) is 302 Å². The van der Waals surface area contributed by atoms with Crippen molar-refractivity contribution in [2.24, 2.45) is 14.1 Å². The molecule has 9 aromatic rings. The third kappa shape index (κ3) is 15.1. The SMILES string of the molecule is Cc1cc(-c2nc(N[C@H]3CC[C@H](N(C(=O)NCc4ccccc4)c4ccc(-c5cnn(C)c5)nn4)CC3)ncc2C#N)n(C2CCCCO2)n1.Cn1cc(-c2ccc(N(C(=O)NCc3ccccc3)[C@H]3CC[C@H](Nc4ncc(C#N)c(Cl)n4)CC3)nn2)cn1. The van der Waals surface area contributed by atoms with E-state index in [-0.39, 0.29) is 53.2 Å². The van der Waals surface area contributed by atoms with Gasteiger partial charge in [0.2, 0.25) is 11.9 Å². The zero-order chi connectivity index (χ0) is 61.6. The lowest BCUT2D eigenvalue weighted by Gasteiger charge is -2.36. The van der Waals surface area contributed by atoms with Crippen LogP contribution in [0.5, 0.6) is 0 Å². The highest BCUT2D eigenvalue weighted by Gasteiger charge is 2.34. The van der Waals surface area contributed by atoms with E-state index < -0.39 is 0 Å². The number of anilines is 4. The van der Waals surface area contributed by atoms with Gasteiger partial charge in [0.25, 0.3) is 0 Å². The summed E-state index contributed by atoms with van der Waals surface area (Å²) in [5, 5.41) is 62.9. The Morgan fingerprint density at radius 3 is 1.57 bits per heavy atom. The van der Waals surface area contributed by atoms with Crippen molar-refractivity contribution < 1.29 is 14.3 Å². The molecule has 4 N–H and O–H groups in total. The zero-order valence-electron chi connectivity index (χ0n) is 49.6. The summed E-state index contributed by atoms with van der Waals surface area (Å²) in [4.78, 5) is 48.4. The first kappa shape index (κ1) is 60.4. The number of urea groups is 2. The lowest BCUT2D eigenvalue weighted by atomic mass is 9.90. The van der Waals surface area contributed by atoms with E-state index in [1.165, 1.54) is 6.20 Å². The number of carbonyl (C=O) groups excluding carboxylic acids is 2. The van der Waals surface area contributed by atoms with Gasteiger partial charge in [-0.1, -0.05) is 72.3 Å². The third-order valence-corrected chi connectivity index (χ3v) is 16.2. The molecule has 1 saturated heterocycles. The van der Waals surface area contributed by atoms with Crippen LogP contribution in [-0.4, -0.2) is 113 Å². The van der Waals surface area contributed by atoms with Crippen molar-refractivity contribution in [1.82, 2.24) is 80.3 Å². The predicted molar refractivity (Wildman–Crippen MR) is 333 cm³/mol. The molecule has 454 valence electrons. The van der Waals surface area contributed by atoms with Gasteiger partial charge >= 0.3 is 12.1 Å². The molecule has 3 aliphatic rings. The number of aromatic nitrogens is 14. The van der Waals surface area contributed by atoms with Gasteiger partial charge in [0, 0.05) is 81.5 Å². The molecule has 0 spiro atoms. The standard InChI is InChI=1S/C36H40N12O2.C27H27ClN10O/c1-24-18-31(48(45-24)33-10-6-7-17-50-33)34-26(19-37)21-38-35(42-34)41-28-11-13-29(14-12-28)47(36(49)39-20-25-8-4-3-5-9-25)32-16-15-30(43-44-32)27-22-40-46(2)23-27;1-37-17-20(16-32-37)23-11-12-24(36-35-23)38(27(39)31-14-18-5-3-2-4-6-18)22-9-7-21(8-10-22)33-26-30-15-19(13-29)25(28)34-26/h3-5,8-9,15-16,18,21-23,28-29,33H,6-7,10-14,17,20H2,1-2H3,(H,39,49)(H,38,41,42);2-6,11-12,15-17,21-22H,7-10,14H2,1H3,(H,31,39)(H,30,33,34)/t28-,29-,33?;21-,22-. The number of benzene rings is 2. The summed E-state index contributed by atoms with van der Waals surface area (Å²) in [5.41, 5.74) is 7.82. The van der Waals surface area contributed by atoms with E-state index in [0.717, 1.165) is 104 Å². The summed E-state index contributed by atoms with van der Waals surface area (Å²) < 4.78 is 11.3. The Kier molecular flexibility index (Phi) is 19.4. The number of nitrogens with one attached hydrogen (secondary N) is 4. The fourth-order valence-corrected chi connectivity index (χ4v) is 11.5. The predicted octanol–water partition coefficient (Wildman–Crippen LogP) is 9.88. The van der Waals surface area contributed by atoms with Crippen molar-refractivity contribution in [3.63, 3.8) is 0 Å². The van der Waals surface area contributed by atoms with Crippen LogP contribution >= 0.6 is 11.6 Å². The second-order valence-corrected chi connectivity index (χ2v) is 22.6. The molecule has 1 unspecified atom stereocenters. The monoisotopic (exact) mass is 1210 g/mol. The van der Waals surface area contributed by atoms with E-state index in [2.05, 4.69) is 72.9 Å². The molecule has 2 saturated carbocycles. The number of nitriles is 2. The highest BCUT2D eigenvalue weighted by molar-refractivity contribution is 6.30. The Labute approximate surface area is 519 Å². The van der Waals surface area contributed by atoms with E-state index in [9.17, 15) is 14.9 Å². The highest BCUT2D eigenvalue weighted by atomic mass is 35.5. The maximum atomic E-state index is 13.8. The molecule has 89 heavy (non-hydrogen) atoms. The largest absolute Gasteiger partial charge is 0.356 e. The first-order valence-corrected chi connectivity index (χ1v) is 30.1. The molecule has 2 aliphatic carbocycles. The van der Waals surface area contributed by atoms with Crippen LogP contribution in [0.3, 0.4) is 0 Å². The number of carbonyl (C=O) groups is 2. The minimum absolute atomic E-state index is 0.0668. The fraction of sp³-hybridized carbons (Fsp3) is 0.349. The molecule has 4 amide bonds. The zero-order valence-corrected chi connectivity index (χ0v) is 50.3. The van der Waals surface area contributed by atoms with Gasteiger partial charge in [0.1, 0.15) is 23.4 Å². The van der Waals surface area contributed by atoms with Crippen LogP contribution < -0.4 is 31.1 Å². The van der Waals surface area contributed by atoms with E-state index in [4.69, 9.17) is 31.7 Å². The van der Waals surface area contributed by atoms with Crippen LogP contribution in [0.4, 0.5) is 33.1 Å². The van der Waals surface area contributed by atoms with E-state index >= 15 is 0 Å². The van der Waals surface area contributed by atoms with Crippen molar-refractivity contribution in [3.8, 4) is 46.0 Å². The van der Waals surface area contributed by atoms with Crippen LogP contribution in [0.25, 0.3) is 33.9 Å². The smallest absolute Gasteiger partial charge is 0.323 e. The summed E-state index contributed by atoms with van der Waals surface area (Å²) >= 11 is 6.06. The summed E-state index contributed by atoms with van der Waals surface area (Å²) in [7, 11) is 3.70. The minimum atomic E-state index is -0.221. The molecule has 1 atom stereocenters. The van der Waals surface area contributed by atoms with Crippen LogP contribution in [0.2, 0.25) is 5.15 Å². The van der Waals surface area contributed by atoms with Crippen molar-refractivity contribution >= 4 is 47.2 Å². The number of halogens is 1. The lowest BCUT2D eigenvalue weighted by molar-refractivity contribution is -0.0385. The van der Waals surface area contributed by atoms with Gasteiger partial charge in [-0.05, 0) is 119 Å². The number of ether oxygens (including phenoxy) is 1. The lowest BCUT2D eigenvalue weighted by Crippen LogP contribution is -2.49. The second-order valence-electron chi connectivity index (χ2n) is 22.2. The molecule has 0 radical (unpaired) electrons. The molecule has 25 nitrogen and oxygen atoms in total. The van der Waals surface area contributed by atoms with Crippen molar-refractivity contribution in [2.45, 2.75) is 121 Å². The number of aryl methyl sites for hydroxylation is 3. The Morgan fingerprint density at radius 1 is 0.629 bits per heavy atom. The molecule has 8 heterocycles. The van der Waals surface area contributed by atoms with Crippen LogP contribution in [0.15, 0.2) is 128 Å². The number of nitrogens with zero attached hydrogens (tertiary/aromatic N) is 18. The van der Waals surface area contributed by atoms with E-state index in [1.54, 1.807) is 37.8 Å². The summed E-state index contributed by atoms with van der Waals surface area (Å²) in [6.07, 6.45) is 19.0. The molecule has 1 aliphatic heterocycles. The van der Waals surface area contributed by atoms with Gasteiger partial charge in [0.15, 0.2) is 23.0 Å². The van der Waals surface area contributed by atoms with Crippen LogP contribution in [-0.2, 0) is 31.9 Å². The van der Waals surface area contributed by atoms with E-state index in [0.29, 0.717) is 65.9 Å². The quantitative estimate of drug-likeness (QED) is 0.0654. The molecule has 2 aromatic carbocycles. The molecule has 0 bridgehead atoms. The van der Waals surface area contributed by atoms with Crippen LogP contribution in [0.1, 0.15) is 105 Å². The molecular weight excluding hydrogens is 1150 g/mol. The molecule has 26 heteroatoms. The van der Waals surface area contributed by atoms with Gasteiger partial charge in [0.05, 0.1) is 53.1 Å². The Bertz CT molecular complexity index is 3920. The molecule has 12 rings (SSSR count). The van der Waals surface area contributed by atoms with Gasteiger partial charge in [-0.15, -0.1) is 20.4 Å². The van der Waals surface area contributed by atoms with E-state index in [1.807, 2.05) is 135 Å². The maximum absolute atomic E-state index is 13.8. The number of hydrogen-bond acceptors (Lipinski definition) is 18. The molecule has 3 fully saturated rings. The Hall–Kier alpha value is -10.2. The first-order chi connectivity index (χ1) is 43.4. The normalized spacial score (nSPS) is 18.0. The number of hydrogen-bond donors (Lipinski definition) is 4. The van der Waals surface area contributed by atoms with Gasteiger partial charge in [-0.25, -0.2) is 29.2 Å². The third-order valence-electron chi connectivity index (χ3n) is 15.9. The van der Waals surface area contributed by atoms with Crippen molar-refractivity contribution in [1.29, 1.82) is 10.5 Å². The highest BCUT2D eigenvalue weighted by Crippen LogP contribution is 2.34. The maximum Gasteiger partial charge on any atom is 0.323 e. The number of rotatable bonds is 16. The Morgan fingerprint density at radius 2 is 1.13 bits per heavy atom. The van der Waals surface area contributed by atoms with Crippen molar-refractivity contribution in [3.05, 3.63) is 161 Å². The van der Waals surface area contributed by atoms with Gasteiger partial charge in [-0.3, -0.25) is 19.2 Å². The molecule has 7 aromatic heterocycles. The summed E-state index contributed by atoms with van der Waals surface area (Å²) in [6, 6.07) is 32.8. The van der Waals surface area contributed by atoms with Crippen LogP contribution in [0, 0.1) is 29.6 Å². The average Bonchev–Trinajstić information content (AvgIpc) is 3.61. The Balaban J connectivity index is 0.000000189. The molecular formula is C63H67ClN22O3. The first-order valence-electron chi connectivity index (χ1n) is 29.7. The average molecular weight is 1220 g/mol. The minimum Gasteiger partial charge on any atom is -0.356 e. The van der Waals surface area contributed by atoms with Gasteiger partial charge in [-0.2, -0.15) is 30.8 Å². The summed E-state index contributed by atoms with van der Waals surface area (Å²) in [5.74, 6) is 1.82. The second kappa shape index (κ2) is 28.5. The fourth-order valence-electron chi connectivity index (χ4n) is 11.3. The summed E-state index contributed by atoms with van der Waals surface area (Å²) in [6.45, 7) is 3.42.